The summed E-state index contributed by atoms with van der Waals surface area (Å²) in [5, 5.41) is 24.7. The lowest BCUT2D eigenvalue weighted by Gasteiger charge is -2.69. The molecule has 4 aliphatic carbocycles. The molecule has 0 spiro atoms. The number of rotatable bonds is 23. The molecule has 443 valence electrons. The highest BCUT2D eigenvalue weighted by atomic mass is 32.1. The van der Waals surface area contributed by atoms with Gasteiger partial charge in [-0.05, 0) is 134 Å². The molecule has 6 aromatic rings. The Morgan fingerprint density at radius 2 is 1.64 bits per heavy atom. The number of anilines is 3. The van der Waals surface area contributed by atoms with Gasteiger partial charge < -0.3 is 35.0 Å². The van der Waals surface area contributed by atoms with Gasteiger partial charge in [0.05, 0.1) is 28.6 Å². The second-order valence-electron chi connectivity index (χ2n) is 24.6. The van der Waals surface area contributed by atoms with Gasteiger partial charge in [0.1, 0.15) is 12.4 Å². The number of aromatic carboxylic acids is 1. The predicted octanol–water partition coefficient (Wildman–Crippen LogP) is 9.51. The molecule has 6 aliphatic rings. The van der Waals surface area contributed by atoms with E-state index in [2.05, 4.69) is 40.8 Å². The zero-order valence-electron chi connectivity index (χ0n) is 48.5. The normalized spacial score (nSPS) is 22.0. The van der Waals surface area contributed by atoms with Crippen LogP contribution in [0.5, 0.6) is 0 Å². The van der Waals surface area contributed by atoms with Crippen molar-refractivity contribution in [3.8, 4) is 11.1 Å². The van der Waals surface area contributed by atoms with Crippen LogP contribution in [0.4, 0.5) is 21.4 Å². The van der Waals surface area contributed by atoms with Gasteiger partial charge in [-0.15, -0.1) is 0 Å². The number of carbonyl (C=O) groups is 7. The summed E-state index contributed by atoms with van der Waals surface area (Å²) >= 11 is 1.42. The Kier molecular flexibility index (Phi) is 16.5. The number of imide groups is 1. The number of pyridine rings is 1. The SMILES string of the molecule is Cc1c(-c2ccc(N3CCc4cccc(C(=O)Nc5nc6ccccc6s5)c4C3)nc2C(=O)O)cnn1CC12CC3(C)CC(C)(C1)CC(OCCN(C)C(=O)OCc1cc[c]c(NC(=O)CCNC(=O)CCCCCN4C(=O)C=CC4=O)c1)(C3)C2. The number of thiazole rings is 1. The number of para-hydroxylation sites is 1. The van der Waals surface area contributed by atoms with Crippen LogP contribution in [0.25, 0.3) is 21.3 Å². The van der Waals surface area contributed by atoms with Crippen LogP contribution in [0.1, 0.15) is 128 Å². The van der Waals surface area contributed by atoms with E-state index in [4.69, 9.17) is 19.6 Å². The average Bonchev–Trinajstić information content (AvgIpc) is 1.05. The molecule has 12 rings (SSSR count). The molecule has 5 heterocycles. The minimum Gasteiger partial charge on any atom is -0.476 e. The van der Waals surface area contributed by atoms with Crippen molar-refractivity contribution in [1.29, 1.82) is 0 Å². The highest BCUT2D eigenvalue weighted by molar-refractivity contribution is 7.22. The van der Waals surface area contributed by atoms with Gasteiger partial charge in [0, 0.05) is 105 Å². The van der Waals surface area contributed by atoms with Gasteiger partial charge in [-0.1, -0.05) is 68.0 Å². The number of carbonyl (C=O) groups excluding carboxylic acids is 6. The van der Waals surface area contributed by atoms with Crippen molar-refractivity contribution in [3.05, 3.63) is 131 Å². The molecule has 3 aromatic carbocycles. The third-order valence-electron chi connectivity index (χ3n) is 17.5. The van der Waals surface area contributed by atoms with E-state index < -0.39 is 17.7 Å². The molecule has 2 unspecified atom stereocenters. The third kappa shape index (κ3) is 13.0. The fourth-order valence-electron chi connectivity index (χ4n) is 14.8. The Labute approximate surface area is 497 Å². The summed E-state index contributed by atoms with van der Waals surface area (Å²) in [6.45, 7) is 9.47. The third-order valence-corrected chi connectivity index (χ3v) is 18.4. The minimum absolute atomic E-state index is 0.0263. The zero-order chi connectivity index (χ0) is 59.7. The first-order valence-corrected chi connectivity index (χ1v) is 30.0. The van der Waals surface area contributed by atoms with Crippen molar-refractivity contribution < 1.29 is 48.1 Å². The summed E-state index contributed by atoms with van der Waals surface area (Å²) in [6, 6.07) is 25.3. The maximum absolute atomic E-state index is 13.8. The van der Waals surface area contributed by atoms with Gasteiger partial charge in [0.25, 0.3) is 17.7 Å². The van der Waals surface area contributed by atoms with Crippen LogP contribution >= 0.6 is 11.3 Å². The van der Waals surface area contributed by atoms with Crippen molar-refractivity contribution in [3.63, 3.8) is 0 Å². The monoisotopic (exact) mass is 1170 g/mol. The number of nitrogens with zero attached hydrogens (tertiary/aromatic N) is 7. The first kappa shape index (κ1) is 58.5. The van der Waals surface area contributed by atoms with Gasteiger partial charge in [0.15, 0.2) is 10.8 Å². The van der Waals surface area contributed by atoms with Gasteiger partial charge >= 0.3 is 12.1 Å². The molecule has 1 radical (unpaired) electrons. The molecule has 3 aromatic heterocycles. The van der Waals surface area contributed by atoms with Crippen molar-refractivity contribution in [1.82, 2.24) is 34.9 Å². The number of unbranched alkanes of at least 4 members (excludes halogenated alkanes) is 2. The largest absolute Gasteiger partial charge is 0.476 e. The quantitative estimate of drug-likeness (QED) is 0.0345. The van der Waals surface area contributed by atoms with Crippen molar-refractivity contribution in [2.75, 3.05) is 55.4 Å². The number of carboxylic acid groups (broad SMARTS) is 1. The van der Waals surface area contributed by atoms with Gasteiger partial charge in [-0.2, -0.15) is 5.10 Å². The number of amides is 6. The van der Waals surface area contributed by atoms with Crippen molar-refractivity contribution in [2.24, 2.45) is 16.2 Å². The number of fused-ring (bicyclic) bond motifs is 2. The maximum atomic E-state index is 13.8. The summed E-state index contributed by atoms with van der Waals surface area (Å²) in [7, 11) is 1.69. The van der Waals surface area contributed by atoms with Crippen LogP contribution in [-0.4, -0.2) is 122 Å². The summed E-state index contributed by atoms with van der Waals surface area (Å²) < 4.78 is 15.7. The van der Waals surface area contributed by atoms with Crippen LogP contribution in [0, 0.1) is 29.2 Å². The number of aromatic nitrogens is 4. The van der Waals surface area contributed by atoms with Gasteiger partial charge in [-0.25, -0.2) is 19.6 Å². The molecule has 2 atom stereocenters. The molecule has 4 N–H and O–H groups in total. The highest BCUT2D eigenvalue weighted by Gasteiger charge is 2.66. The molecule has 4 saturated carbocycles. The van der Waals surface area contributed by atoms with E-state index in [1.165, 1.54) is 33.3 Å². The molecular weight excluding hydrogens is 1100 g/mol. The fraction of sp³-hybridized carbons (Fsp3) is 0.438. The lowest BCUT2D eigenvalue weighted by Crippen LogP contribution is -2.64. The molecule has 85 heavy (non-hydrogen) atoms. The lowest BCUT2D eigenvalue weighted by molar-refractivity contribution is -0.248. The number of hydrogen-bond donors (Lipinski definition) is 4. The second kappa shape index (κ2) is 24.0. The molecular formula is C64H71N10O10S. The van der Waals surface area contributed by atoms with Crippen LogP contribution < -0.4 is 20.9 Å². The number of hydrogen-bond acceptors (Lipinski definition) is 14. The lowest BCUT2D eigenvalue weighted by atomic mass is 9.39. The summed E-state index contributed by atoms with van der Waals surface area (Å²) in [5.74, 6) is -2.01. The molecule has 6 amide bonds. The summed E-state index contributed by atoms with van der Waals surface area (Å²) in [4.78, 5) is 103. The smallest absolute Gasteiger partial charge is 0.409 e. The van der Waals surface area contributed by atoms with Crippen LogP contribution in [0.15, 0.2) is 91.1 Å². The molecule has 4 fully saturated rings. The number of benzene rings is 3. The molecule has 0 saturated heterocycles. The Bertz CT molecular complexity index is 3580. The van der Waals surface area contributed by atoms with Crippen LogP contribution in [-0.2, 0) is 54.8 Å². The van der Waals surface area contributed by atoms with Gasteiger partial charge in [-0.3, -0.25) is 38.9 Å². The first-order valence-electron chi connectivity index (χ1n) is 29.2. The Morgan fingerprint density at radius 1 is 0.847 bits per heavy atom. The van der Waals surface area contributed by atoms with E-state index in [0.29, 0.717) is 104 Å². The number of ether oxygens (including phenoxy) is 2. The van der Waals surface area contributed by atoms with E-state index >= 15 is 0 Å². The van der Waals surface area contributed by atoms with E-state index in [9.17, 15) is 38.7 Å². The zero-order valence-corrected chi connectivity index (χ0v) is 49.3. The van der Waals surface area contributed by atoms with Crippen molar-refractivity contribution >= 4 is 79.8 Å². The van der Waals surface area contributed by atoms with Crippen LogP contribution in [0.3, 0.4) is 0 Å². The molecule has 2 aliphatic heterocycles. The standard InChI is InChI=1S/C64H71N10O10S/c1-41-47(45-19-20-51(69-56(45)58(80)81)72-27-24-43-13-11-15-46(48(43)32-72)57(79)70-59-68-49-16-7-8-17-50(49)85-59)31-66-74(41)40-63-35-61(2)34-62(3,36-63)38-64(37-61,39-63)84-29-28-71(4)60(82)83-33-42-12-10-14-44(30-42)67-53(76)23-25-65-52(75)18-6-5-9-26-73-54(77)21-22-55(73)78/h7-8,10-13,15-17,19-22,30-31H,5-6,9,18,23-29,32-40H2,1-4H3,(H,65,75)(H,67,76)(H,80,81)(H,68,70,79). The molecule has 4 bridgehead atoms. The fourth-order valence-corrected chi connectivity index (χ4v) is 15.7. The Balaban J connectivity index is 0.663. The van der Waals surface area contributed by atoms with E-state index in [1.807, 2.05) is 71.1 Å². The average molecular weight is 1170 g/mol. The molecule has 21 heteroatoms. The number of carboxylic acids is 1. The highest BCUT2D eigenvalue weighted by Crippen LogP contribution is 2.72. The van der Waals surface area contributed by atoms with Crippen LogP contribution in [0.2, 0.25) is 0 Å². The Hall–Kier alpha value is -8.30. The summed E-state index contributed by atoms with van der Waals surface area (Å²) in [6.07, 6.45) is 12.4. The van der Waals surface area contributed by atoms with Gasteiger partial charge in [0.2, 0.25) is 11.8 Å². The number of likely N-dealkylation sites (N-methyl/N-ethyl adjacent to an activating group) is 1. The topological polar surface area (TPSA) is 248 Å². The van der Waals surface area contributed by atoms with E-state index in [0.717, 1.165) is 65.6 Å². The minimum atomic E-state index is -1.14. The van der Waals surface area contributed by atoms with E-state index in [-0.39, 0.29) is 77.5 Å². The summed E-state index contributed by atoms with van der Waals surface area (Å²) in [5.41, 5.74) is 5.90. The second-order valence-corrected chi connectivity index (χ2v) is 25.7. The molecule has 20 nitrogen and oxygen atoms in total. The Morgan fingerprint density at radius 3 is 2.41 bits per heavy atom. The van der Waals surface area contributed by atoms with Crippen molar-refractivity contribution in [2.45, 2.75) is 123 Å². The predicted molar refractivity (Wildman–Crippen MR) is 320 cm³/mol. The maximum Gasteiger partial charge on any atom is 0.409 e. The van der Waals surface area contributed by atoms with E-state index in [1.54, 1.807) is 31.4 Å². The number of nitrogens with one attached hydrogen (secondary N) is 3. The first-order chi connectivity index (χ1) is 40.8.